The van der Waals surface area contributed by atoms with E-state index in [1.165, 1.54) is 6.07 Å². The smallest absolute Gasteiger partial charge is 0.353 e. The summed E-state index contributed by atoms with van der Waals surface area (Å²) in [6.45, 7) is 3.65. The van der Waals surface area contributed by atoms with Gasteiger partial charge in [0.15, 0.2) is 0 Å². The van der Waals surface area contributed by atoms with Crippen molar-refractivity contribution in [3.05, 3.63) is 28.8 Å². The van der Waals surface area contributed by atoms with Gasteiger partial charge < -0.3 is 10.6 Å². The molecule has 0 aliphatic carbocycles. The lowest BCUT2D eigenvalue weighted by molar-refractivity contribution is -0.137. The van der Waals surface area contributed by atoms with Crippen LogP contribution in [-0.4, -0.2) is 17.9 Å². The average Bonchev–Trinajstić information content (AvgIpc) is 2.39. The van der Waals surface area contributed by atoms with Gasteiger partial charge in [-0.3, -0.25) is 9.59 Å². The van der Waals surface area contributed by atoms with E-state index in [2.05, 4.69) is 10.6 Å². The van der Waals surface area contributed by atoms with Gasteiger partial charge in [-0.2, -0.15) is 13.2 Å². The van der Waals surface area contributed by atoms with Crippen molar-refractivity contribution in [3.8, 4) is 0 Å². The summed E-state index contributed by atoms with van der Waals surface area (Å²) in [5.74, 6) is -1.19. The number of benzene rings is 1. The van der Waals surface area contributed by atoms with Crippen LogP contribution in [0, 0.1) is 0 Å². The molecular formula is C14H16ClF3N2O2. The molecule has 122 valence electrons. The van der Waals surface area contributed by atoms with Crippen molar-refractivity contribution in [2.45, 2.75) is 38.9 Å². The van der Waals surface area contributed by atoms with Gasteiger partial charge in [0.2, 0.25) is 11.8 Å². The highest BCUT2D eigenvalue weighted by Crippen LogP contribution is 2.36. The molecule has 0 heterocycles. The van der Waals surface area contributed by atoms with Crippen molar-refractivity contribution in [1.82, 2.24) is 5.32 Å². The molecule has 1 aromatic carbocycles. The maximum Gasteiger partial charge on any atom is 0.417 e. The van der Waals surface area contributed by atoms with Crippen LogP contribution in [-0.2, 0) is 15.8 Å². The zero-order valence-corrected chi connectivity index (χ0v) is 12.8. The van der Waals surface area contributed by atoms with Crippen LogP contribution in [0.3, 0.4) is 0 Å². The lowest BCUT2D eigenvalue weighted by atomic mass is 10.2. The van der Waals surface area contributed by atoms with E-state index in [1.54, 1.807) is 6.92 Å². The number of halogens is 4. The number of hydrogen-bond acceptors (Lipinski definition) is 2. The van der Waals surface area contributed by atoms with Crippen molar-refractivity contribution < 1.29 is 22.8 Å². The maximum atomic E-state index is 12.7. The summed E-state index contributed by atoms with van der Waals surface area (Å²) in [6.07, 6.45) is -4.38. The third-order valence-electron chi connectivity index (χ3n) is 2.90. The molecule has 0 radical (unpaired) electrons. The monoisotopic (exact) mass is 336 g/mol. The molecule has 2 N–H and O–H groups in total. The fraction of sp³-hybridized carbons (Fsp3) is 0.429. The normalized spacial score (nSPS) is 12.6. The number of carbonyl (C=O) groups excluding carboxylic acids is 2. The van der Waals surface area contributed by atoms with Crippen LogP contribution in [0.1, 0.15) is 32.3 Å². The largest absolute Gasteiger partial charge is 0.417 e. The fourth-order valence-corrected chi connectivity index (χ4v) is 1.82. The number of nitrogens with one attached hydrogen (secondary N) is 2. The van der Waals surface area contributed by atoms with Crippen LogP contribution >= 0.6 is 11.6 Å². The summed E-state index contributed by atoms with van der Waals surface area (Å²) in [4.78, 5) is 23.2. The number of amides is 2. The molecule has 0 spiro atoms. The molecule has 1 aromatic rings. The van der Waals surface area contributed by atoms with Gasteiger partial charge in [0, 0.05) is 11.7 Å². The van der Waals surface area contributed by atoms with Gasteiger partial charge in [-0.05, 0) is 31.5 Å². The van der Waals surface area contributed by atoms with E-state index in [0.717, 1.165) is 12.1 Å². The van der Waals surface area contributed by atoms with Crippen molar-refractivity contribution in [1.29, 1.82) is 0 Å². The average molecular weight is 337 g/mol. The Hall–Kier alpha value is -1.76. The molecule has 0 saturated carbocycles. The van der Waals surface area contributed by atoms with Gasteiger partial charge in [-0.25, -0.2) is 0 Å². The van der Waals surface area contributed by atoms with Crippen LogP contribution in [0.25, 0.3) is 0 Å². The van der Waals surface area contributed by atoms with Gasteiger partial charge in [0.25, 0.3) is 0 Å². The van der Waals surface area contributed by atoms with Crippen molar-refractivity contribution in [2.75, 3.05) is 5.32 Å². The first-order valence-corrected chi connectivity index (χ1v) is 6.97. The summed E-state index contributed by atoms with van der Waals surface area (Å²) in [5.41, 5.74) is -1.12. The van der Waals surface area contributed by atoms with E-state index >= 15 is 0 Å². The van der Waals surface area contributed by atoms with E-state index in [-0.39, 0.29) is 11.7 Å². The van der Waals surface area contributed by atoms with Crippen LogP contribution in [0.5, 0.6) is 0 Å². The second-order valence-corrected chi connectivity index (χ2v) is 5.20. The second-order valence-electron chi connectivity index (χ2n) is 4.79. The van der Waals surface area contributed by atoms with Gasteiger partial charge in [-0.1, -0.05) is 18.5 Å². The third-order valence-corrected chi connectivity index (χ3v) is 3.23. The molecule has 0 saturated heterocycles. The highest BCUT2D eigenvalue weighted by atomic mass is 35.5. The predicted octanol–water partition coefficient (Wildman–Crippen LogP) is 3.60. The standard InChI is InChI=1S/C14H16ClF3N2O2/c1-3-8(2)19-12(21)7-13(22)20-9-4-5-11(15)10(6-9)14(16,17)18/h4-6,8H,3,7H2,1-2H3,(H,19,21)(H,20,22). The van der Waals surface area contributed by atoms with Crippen molar-refractivity contribution >= 4 is 29.1 Å². The minimum Gasteiger partial charge on any atom is -0.353 e. The van der Waals surface area contributed by atoms with Crippen molar-refractivity contribution in [2.24, 2.45) is 0 Å². The molecule has 2 amide bonds. The van der Waals surface area contributed by atoms with Crippen LogP contribution in [0.4, 0.5) is 18.9 Å². The molecule has 0 aromatic heterocycles. The molecule has 1 rings (SSSR count). The van der Waals surface area contributed by atoms with E-state index < -0.39 is 35.0 Å². The predicted molar refractivity (Wildman–Crippen MR) is 77.6 cm³/mol. The van der Waals surface area contributed by atoms with Crippen LogP contribution in [0.2, 0.25) is 5.02 Å². The quantitative estimate of drug-likeness (QED) is 0.807. The Balaban J connectivity index is 2.71. The molecule has 1 atom stereocenters. The first-order valence-electron chi connectivity index (χ1n) is 6.59. The topological polar surface area (TPSA) is 58.2 Å². The summed E-state index contributed by atoms with van der Waals surface area (Å²) < 4.78 is 38.1. The number of carbonyl (C=O) groups is 2. The summed E-state index contributed by atoms with van der Waals surface area (Å²) in [7, 11) is 0. The number of alkyl halides is 3. The third kappa shape index (κ3) is 5.55. The van der Waals surface area contributed by atoms with Crippen LogP contribution < -0.4 is 10.6 Å². The number of rotatable bonds is 5. The van der Waals surface area contributed by atoms with Gasteiger partial charge >= 0.3 is 6.18 Å². The van der Waals surface area contributed by atoms with Crippen molar-refractivity contribution in [3.63, 3.8) is 0 Å². The van der Waals surface area contributed by atoms with Gasteiger partial charge in [0.05, 0.1) is 10.6 Å². The Bertz CT molecular complexity index is 562. The lowest BCUT2D eigenvalue weighted by Crippen LogP contribution is -2.34. The highest BCUT2D eigenvalue weighted by molar-refractivity contribution is 6.31. The zero-order valence-electron chi connectivity index (χ0n) is 12.1. The Morgan fingerprint density at radius 3 is 2.45 bits per heavy atom. The zero-order chi connectivity index (χ0) is 16.9. The van der Waals surface area contributed by atoms with Gasteiger partial charge in [0.1, 0.15) is 6.42 Å². The van der Waals surface area contributed by atoms with E-state index in [9.17, 15) is 22.8 Å². The Morgan fingerprint density at radius 2 is 1.91 bits per heavy atom. The minimum absolute atomic E-state index is 0.0712. The SMILES string of the molecule is CCC(C)NC(=O)CC(=O)Nc1ccc(Cl)c(C(F)(F)F)c1. The van der Waals surface area contributed by atoms with E-state index in [0.29, 0.717) is 6.42 Å². The number of anilines is 1. The summed E-state index contributed by atoms with van der Waals surface area (Å²) in [6, 6.07) is 2.93. The molecule has 8 heteroatoms. The molecule has 0 aliphatic rings. The van der Waals surface area contributed by atoms with Crippen LogP contribution in [0.15, 0.2) is 18.2 Å². The molecular weight excluding hydrogens is 321 g/mol. The first-order chi connectivity index (χ1) is 10.1. The number of hydrogen-bond donors (Lipinski definition) is 2. The van der Waals surface area contributed by atoms with E-state index in [4.69, 9.17) is 11.6 Å². The Labute approximate surface area is 131 Å². The molecule has 0 fully saturated rings. The highest BCUT2D eigenvalue weighted by Gasteiger charge is 2.33. The molecule has 0 aliphatic heterocycles. The Kier molecular flexibility index (Phi) is 6.22. The second kappa shape index (κ2) is 7.49. The van der Waals surface area contributed by atoms with E-state index in [1.807, 2.05) is 6.92 Å². The molecule has 4 nitrogen and oxygen atoms in total. The summed E-state index contributed by atoms with van der Waals surface area (Å²) in [5, 5.41) is 4.38. The Morgan fingerprint density at radius 1 is 1.27 bits per heavy atom. The maximum absolute atomic E-state index is 12.7. The fourth-order valence-electron chi connectivity index (χ4n) is 1.60. The molecule has 1 unspecified atom stereocenters. The molecule has 22 heavy (non-hydrogen) atoms. The first kappa shape index (κ1) is 18.3. The van der Waals surface area contributed by atoms with Gasteiger partial charge in [-0.15, -0.1) is 0 Å². The molecule has 0 bridgehead atoms. The minimum atomic E-state index is -4.62. The summed E-state index contributed by atoms with van der Waals surface area (Å²) >= 11 is 5.48. The lowest BCUT2D eigenvalue weighted by Gasteiger charge is -2.13.